The molecule has 0 radical (unpaired) electrons. The van der Waals surface area contributed by atoms with Gasteiger partial charge in [-0.15, -0.1) is 12.4 Å². The van der Waals surface area contributed by atoms with Crippen LogP contribution < -0.4 is 16.4 Å². The van der Waals surface area contributed by atoms with Crippen LogP contribution in [0.25, 0.3) is 9.69 Å². The largest absolute Gasteiger partial charge is 0.444 e. The molecule has 0 aliphatic heterocycles. The number of Topliss-reactive ketones (excluding diaryl/α,β-unsaturated/α-hetero) is 1. The second-order valence-corrected chi connectivity index (χ2v) is 22.3. The molecule has 0 spiro atoms. The average molecular weight is 797 g/mol. The van der Waals surface area contributed by atoms with Crippen molar-refractivity contribution in [2.45, 2.75) is 161 Å². The van der Waals surface area contributed by atoms with E-state index in [2.05, 4.69) is 20.3 Å². The summed E-state index contributed by atoms with van der Waals surface area (Å²) >= 11 is 0. The highest BCUT2D eigenvalue weighted by Gasteiger charge is 2.59. The second-order valence-electron chi connectivity index (χ2n) is 22.3. The van der Waals surface area contributed by atoms with Crippen LogP contribution in [-0.2, 0) is 14.3 Å². The summed E-state index contributed by atoms with van der Waals surface area (Å²) in [5, 5.41) is 5.93. The predicted molar refractivity (Wildman–Crippen MR) is 219 cm³/mol. The minimum atomic E-state index is -0.457. The van der Waals surface area contributed by atoms with Gasteiger partial charge in [-0.2, -0.15) is 0 Å². The van der Waals surface area contributed by atoms with Gasteiger partial charge >= 0.3 is 12.2 Å². The molecule has 0 saturated heterocycles. The van der Waals surface area contributed by atoms with Gasteiger partial charge in [0, 0.05) is 48.6 Å². The van der Waals surface area contributed by atoms with E-state index >= 15 is 0 Å². The summed E-state index contributed by atoms with van der Waals surface area (Å²) in [6.45, 7) is 28.3. The Morgan fingerprint density at radius 1 is 0.625 bits per heavy atom. The molecule has 2 amide bonds. The van der Waals surface area contributed by atoms with Gasteiger partial charge in [0.05, 0.1) is 0 Å². The first-order valence-corrected chi connectivity index (χ1v) is 21.7. The fourth-order valence-corrected chi connectivity index (χ4v) is 14.5. The zero-order chi connectivity index (χ0) is 39.6. The number of ketones is 1. The van der Waals surface area contributed by atoms with Crippen molar-refractivity contribution in [3.63, 3.8) is 0 Å². The van der Waals surface area contributed by atoms with E-state index in [-0.39, 0.29) is 53.3 Å². The van der Waals surface area contributed by atoms with E-state index in [0.717, 1.165) is 63.5 Å². The maximum atomic E-state index is 12.1. The number of hydrogen-bond acceptors (Lipinski definition) is 6. The molecular weight excluding hydrogens is 726 g/mol. The summed E-state index contributed by atoms with van der Waals surface area (Å²) in [6, 6.07) is 0.599. The number of hydrogen-bond donors (Lipinski definition) is 3. The molecule has 4 N–H and O–H groups in total. The van der Waals surface area contributed by atoms with Gasteiger partial charge in [-0.1, -0.05) is 0 Å². The smallest absolute Gasteiger partial charge is 0.407 e. The van der Waals surface area contributed by atoms with Crippen LogP contribution in [0.15, 0.2) is 0 Å². The second kappa shape index (κ2) is 15.9. The number of amides is 2. The van der Waals surface area contributed by atoms with Gasteiger partial charge in [-0.05, 0) is 178 Å². The standard InChI is InChI=1S/C17H26N2O2.C16H25NO3.C12H18N2.ClH/c1-16(2,3)21-15(20)19-10-17-7-11-5-12(8-17)14(18-4)13(6-11)9-17;1-15(2,3)20-14(19)17-9-16-6-10-4-11(7-16)13(18)12(5-10)8-16;1-14-11-9-2-8-3-10(11)6-12(4-8,5-9)7-13;/h11-14H,5-10H2,1-3H3,(H,19,20);10-12H,4-9H2,1-3H3,(H,17,19);8-11H,2-7,13H2;1H. The SMILES string of the molecule is CC(C)(C)OC(=O)NCC12CC3CC(C1)C(=O)C(C3)C2.Cl.[C-]#[N+]C1C2CC3CC1CC(CN)(C3)C2.[C-]#[N+]C1C2CC3CC1CC(CNC(=O)OC(C)(C)C)(C3)C2. The molecule has 12 rings (SSSR count). The lowest BCUT2D eigenvalue weighted by Crippen LogP contribution is -2.56. The third-order valence-electron chi connectivity index (χ3n) is 15.6. The van der Waals surface area contributed by atoms with Crippen LogP contribution in [0, 0.1) is 82.7 Å². The van der Waals surface area contributed by atoms with E-state index in [1.165, 1.54) is 57.8 Å². The minimum Gasteiger partial charge on any atom is -0.444 e. The van der Waals surface area contributed by atoms with Crippen molar-refractivity contribution in [3.05, 3.63) is 22.8 Å². The number of nitrogens with zero attached hydrogens (tertiary/aromatic N) is 2. The van der Waals surface area contributed by atoms with Crippen molar-refractivity contribution in [3.8, 4) is 0 Å². The number of halogens is 1. The quantitative estimate of drug-likeness (QED) is 0.239. The summed E-state index contributed by atoms with van der Waals surface area (Å²) in [4.78, 5) is 43.6. The molecule has 12 saturated carbocycles. The number of alkyl carbamates (subject to hydrolysis) is 2. The number of nitrogens with two attached hydrogens (primary N) is 1. The minimum absolute atomic E-state index is 0. The molecular formula is C45H70ClN5O5. The molecule has 0 aromatic carbocycles. The first kappa shape index (κ1) is 43.0. The normalized spacial score (nSPS) is 42.8. The number of nitrogens with one attached hydrogen (secondary N) is 2. The zero-order valence-corrected chi connectivity index (χ0v) is 35.8. The lowest BCUT2D eigenvalue weighted by Gasteiger charge is -2.56. The van der Waals surface area contributed by atoms with E-state index < -0.39 is 11.2 Å². The van der Waals surface area contributed by atoms with E-state index in [9.17, 15) is 14.4 Å². The molecule has 0 heterocycles. The molecule has 0 aromatic heterocycles. The first-order valence-electron chi connectivity index (χ1n) is 21.7. The molecule has 6 atom stereocenters. The van der Waals surface area contributed by atoms with Crippen LogP contribution in [0.4, 0.5) is 9.59 Å². The van der Waals surface area contributed by atoms with Crippen LogP contribution in [-0.4, -0.2) is 60.9 Å². The van der Waals surface area contributed by atoms with E-state index in [4.69, 9.17) is 28.4 Å². The summed E-state index contributed by atoms with van der Waals surface area (Å²) in [7, 11) is 0. The fourth-order valence-electron chi connectivity index (χ4n) is 14.5. The Balaban J connectivity index is 0.000000144. The molecule has 12 bridgehead atoms. The molecule has 12 aliphatic carbocycles. The summed E-state index contributed by atoms with van der Waals surface area (Å²) < 4.78 is 10.7. The third-order valence-corrected chi connectivity index (χ3v) is 15.6. The maximum Gasteiger partial charge on any atom is 0.407 e. The van der Waals surface area contributed by atoms with Crippen LogP contribution in [0.3, 0.4) is 0 Å². The van der Waals surface area contributed by atoms with Crippen molar-refractivity contribution >= 4 is 30.4 Å². The number of rotatable bonds is 5. The maximum absolute atomic E-state index is 12.1. The van der Waals surface area contributed by atoms with Gasteiger partial charge in [0.1, 0.15) is 17.0 Å². The highest BCUT2D eigenvalue weighted by molar-refractivity contribution is 5.86. The number of carbonyl (C=O) groups excluding carboxylic acids is 3. The van der Waals surface area contributed by atoms with Gasteiger partial charge in [0.15, 0.2) is 0 Å². The molecule has 56 heavy (non-hydrogen) atoms. The Hall–Kier alpha value is -2.56. The molecule has 0 aromatic rings. The Morgan fingerprint density at radius 2 is 0.964 bits per heavy atom. The number of carbonyl (C=O) groups is 3. The molecule has 312 valence electrons. The fraction of sp³-hybridized carbons (Fsp3) is 0.889. The van der Waals surface area contributed by atoms with Gasteiger partial charge in [0.25, 0.3) is 0 Å². The first-order chi connectivity index (χ1) is 25.8. The van der Waals surface area contributed by atoms with Crippen LogP contribution in [0.5, 0.6) is 0 Å². The van der Waals surface area contributed by atoms with Crippen LogP contribution >= 0.6 is 12.4 Å². The Morgan fingerprint density at radius 3 is 1.32 bits per heavy atom. The summed E-state index contributed by atoms with van der Waals surface area (Å²) in [5.41, 5.74) is 5.88. The average Bonchev–Trinajstić information content (AvgIpc) is 3.07. The molecule has 12 fully saturated rings. The van der Waals surface area contributed by atoms with Gasteiger partial charge in [-0.3, -0.25) is 4.79 Å². The molecule has 12 aliphatic rings. The predicted octanol–water partition coefficient (Wildman–Crippen LogP) is 9.01. The lowest BCUT2D eigenvalue weighted by molar-refractivity contribution is -0.147. The van der Waals surface area contributed by atoms with Crippen molar-refractivity contribution in [2.75, 3.05) is 19.6 Å². The Bertz CT molecular complexity index is 1520. The van der Waals surface area contributed by atoms with E-state index in [1.807, 2.05) is 41.5 Å². The topological polar surface area (TPSA) is 128 Å². The highest BCUT2D eigenvalue weighted by atomic mass is 35.5. The summed E-state index contributed by atoms with van der Waals surface area (Å²) in [6.07, 6.45) is 17.1. The molecule has 6 unspecified atom stereocenters. The van der Waals surface area contributed by atoms with Crippen LogP contribution in [0.1, 0.15) is 138 Å². The zero-order valence-electron chi connectivity index (χ0n) is 35.0. The van der Waals surface area contributed by atoms with Gasteiger partial charge in [0.2, 0.25) is 12.1 Å². The molecule has 11 heteroatoms. The van der Waals surface area contributed by atoms with Crippen molar-refractivity contribution < 1.29 is 23.9 Å². The van der Waals surface area contributed by atoms with Gasteiger partial charge in [-0.25, -0.2) is 22.7 Å². The number of ether oxygens (including phenoxy) is 2. The van der Waals surface area contributed by atoms with E-state index in [0.29, 0.717) is 53.4 Å². The summed E-state index contributed by atoms with van der Waals surface area (Å²) in [5.74, 6) is 5.94. The van der Waals surface area contributed by atoms with Crippen molar-refractivity contribution in [1.29, 1.82) is 0 Å². The molecule has 10 nitrogen and oxygen atoms in total. The van der Waals surface area contributed by atoms with Crippen LogP contribution in [0.2, 0.25) is 0 Å². The lowest BCUT2D eigenvalue weighted by atomic mass is 9.48. The Labute approximate surface area is 342 Å². The highest BCUT2D eigenvalue weighted by Crippen LogP contribution is 2.62. The van der Waals surface area contributed by atoms with Crippen molar-refractivity contribution in [2.24, 2.45) is 75.2 Å². The van der Waals surface area contributed by atoms with E-state index in [1.54, 1.807) is 0 Å². The monoisotopic (exact) mass is 796 g/mol. The van der Waals surface area contributed by atoms with Crippen molar-refractivity contribution in [1.82, 2.24) is 10.6 Å². The Kier molecular flexibility index (Phi) is 12.2. The van der Waals surface area contributed by atoms with Gasteiger partial charge < -0.3 is 35.5 Å². The third kappa shape index (κ3) is 9.17.